The molecule has 22 heavy (non-hydrogen) atoms. The van der Waals surface area contributed by atoms with Gasteiger partial charge >= 0.3 is 0 Å². The van der Waals surface area contributed by atoms with Crippen molar-refractivity contribution in [2.75, 3.05) is 5.32 Å². The van der Waals surface area contributed by atoms with Crippen LogP contribution in [0.1, 0.15) is 29.3 Å². The summed E-state index contributed by atoms with van der Waals surface area (Å²) < 4.78 is 0. The number of anilines is 1. The van der Waals surface area contributed by atoms with Crippen LogP contribution in [0.2, 0.25) is 0 Å². The molecule has 1 atom stereocenters. The minimum absolute atomic E-state index is 0.119. The number of carbonyl (C=O) groups excluding carboxylic acids is 2. The standard InChI is InChI=1S/C18H20N2O2/c1-13-7-6-10-16(11-13)20-17(21)12-14(2)19-18(22)15-8-4-3-5-9-15/h3-11,14H,12H2,1-2H3,(H,19,22)(H,20,21). The summed E-state index contributed by atoms with van der Waals surface area (Å²) in [6, 6.07) is 16.3. The maximum Gasteiger partial charge on any atom is 0.251 e. The number of hydrogen-bond donors (Lipinski definition) is 2. The molecule has 0 aromatic heterocycles. The van der Waals surface area contributed by atoms with Gasteiger partial charge in [-0.1, -0.05) is 30.3 Å². The second kappa shape index (κ2) is 7.41. The van der Waals surface area contributed by atoms with E-state index in [-0.39, 0.29) is 24.3 Å². The molecule has 114 valence electrons. The third-order valence-corrected chi connectivity index (χ3v) is 3.21. The van der Waals surface area contributed by atoms with Crippen LogP contribution in [0.25, 0.3) is 0 Å². The second-order valence-corrected chi connectivity index (χ2v) is 5.36. The Kier molecular flexibility index (Phi) is 5.31. The van der Waals surface area contributed by atoms with Crippen molar-refractivity contribution in [2.45, 2.75) is 26.3 Å². The molecule has 2 amide bonds. The van der Waals surface area contributed by atoms with Gasteiger partial charge in [0.2, 0.25) is 5.91 Å². The van der Waals surface area contributed by atoms with E-state index in [1.165, 1.54) is 0 Å². The molecule has 0 saturated heterocycles. The van der Waals surface area contributed by atoms with Crippen LogP contribution in [0.15, 0.2) is 54.6 Å². The average molecular weight is 296 g/mol. The van der Waals surface area contributed by atoms with E-state index < -0.39 is 0 Å². The molecule has 0 aliphatic rings. The minimum Gasteiger partial charge on any atom is -0.349 e. The van der Waals surface area contributed by atoms with Crippen molar-refractivity contribution in [1.29, 1.82) is 0 Å². The lowest BCUT2D eigenvalue weighted by atomic mass is 10.1. The van der Waals surface area contributed by atoms with E-state index in [0.717, 1.165) is 11.3 Å². The Morgan fingerprint density at radius 2 is 1.77 bits per heavy atom. The first-order valence-corrected chi connectivity index (χ1v) is 7.27. The quantitative estimate of drug-likeness (QED) is 0.890. The Hall–Kier alpha value is -2.62. The first-order chi connectivity index (χ1) is 10.5. The topological polar surface area (TPSA) is 58.2 Å². The number of hydrogen-bond acceptors (Lipinski definition) is 2. The van der Waals surface area contributed by atoms with E-state index in [0.29, 0.717) is 5.56 Å². The maximum atomic E-state index is 12.0. The zero-order chi connectivity index (χ0) is 15.9. The molecule has 0 aliphatic carbocycles. The van der Waals surface area contributed by atoms with Crippen LogP contribution in [-0.4, -0.2) is 17.9 Å². The number of aryl methyl sites for hydroxylation is 1. The fraction of sp³-hybridized carbons (Fsp3) is 0.222. The Morgan fingerprint density at radius 3 is 2.45 bits per heavy atom. The molecule has 4 heteroatoms. The summed E-state index contributed by atoms with van der Waals surface area (Å²) >= 11 is 0. The van der Waals surface area contributed by atoms with E-state index >= 15 is 0 Å². The van der Waals surface area contributed by atoms with Gasteiger partial charge in [-0.05, 0) is 43.7 Å². The van der Waals surface area contributed by atoms with Crippen LogP contribution >= 0.6 is 0 Å². The molecule has 0 bridgehead atoms. The molecular formula is C18H20N2O2. The summed E-state index contributed by atoms with van der Waals surface area (Å²) in [5.74, 6) is -0.289. The predicted molar refractivity (Wildman–Crippen MR) is 87.8 cm³/mol. The number of nitrogens with one attached hydrogen (secondary N) is 2. The molecule has 0 aliphatic heterocycles. The van der Waals surface area contributed by atoms with Crippen molar-refractivity contribution in [1.82, 2.24) is 5.32 Å². The molecule has 2 aromatic carbocycles. The molecule has 0 radical (unpaired) electrons. The van der Waals surface area contributed by atoms with Crippen LogP contribution in [0.4, 0.5) is 5.69 Å². The Labute approximate surface area is 130 Å². The number of carbonyl (C=O) groups is 2. The summed E-state index contributed by atoms with van der Waals surface area (Å²) in [7, 11) is 0. The van der Waals surface area contributed by atoms with Gasteiger partial charge in [-0.25, -0.2) is 0 Å². The summed E-state index contributed by atoms with van der Waals surface area (Å²) in [6.45, 7) is 3.79. The zero-order valence-corrected chi connectivity index (χ0v) is 12.8. The molecule has 0 fully saturated rings. The average Bonchev–Trinajstić information content (AvgIpc) is 2.47. The molecule has 0 saturated carbocycles. The lowest BCUT2D eigenvalue weighted by Crippen LogP contribution is -2.35. The van der Waals surface area contributed by atoms with Crippen LogP contribution in [0.5, 0.6) is 0 Å². The lowest BCUT2D eigenvalue weighted by Gasteiger charge is -2.14. The normalized spacial score (nSPS) is 11.5. The Morgan fingerprint density at radius 1 is 1.05 bits per heavy atom. The van der Waals surface area contributed by atoms with E-state index in [4.69, 9.17) is 0 Å². The largest absolute Gasteiger partial charge is 0.349 e. The maximum absolute atomic E-state index is 12.0. The van der Waals surface area contributed by atoms with Crippen molar-refractivity contribution in [3.63, 3.8) is 0 Å². The Bertz CT molecular complexity index is 653. The van der Waals surface area contributed by atoms with Crippen LogP contribution in [0.3, 0.4) is 0 Å². The third-order valence-electron chi connectivity index (χ3n) is 3.21. The third kappa shape index (κ3) is 4.74. The van der Waals surface area contributed by atoms with Gasteiger partial charge in [0.25, 0.3) is 5.91 Å². The summed E-state index contributed by atoms with van der Waals surface area (Å²) in [4.78, 5) is 24.0. The zero-order valence-electron chi connectivity index (χ0n) is 12.8. The van der Waals surface area contributed by atoms with Gasteiger partial charge in [-0.2, -0.15) is 0 Å². The van der Waals surface area contributed by atoms with Crippen molar-refractivity contribution in [2.24, 2.45) is 0 Å². The van der Waals surface area contributed by atoms with Crippen LogP contribution < -0.4 is 10.6 Å². The van der Waals surface area contributed by atoms with Gasteiger partial charge in [0.05, 0.1) is 0 Å². The number of rotatable bonds is 5. The van der Waals surface area contributed by atoms with Crippen molar-refractivity contribution >= 4 is 17.5 Å². The minimum atomic E-state index is -0.238. The summed E-state index contributed by atoms with van der Waals surface area (Å²) in [5, 5.41) is 5.66. The molecule has 4 nitrogen and oxygen atoms in total. The number of amides is 2. The van der Waals surface area contributed by atoms with Gasteiger partial charge in [0.1, 0.15) is 0 Å². The first kappa shape index (κ1) is 15.8. The van der Waals surface area contributed by atoms with Gasteiger partial charge in [0.15, 0.2) is 0 Å². The molecule has 2 rings (SSSR count). The Balaban J connectivity index is 1.85. The second-order valence-electron chi connectivity index (χ2n) is 5.36. The molecule has 2 aromatic rings. The van der Waals surface area contributed by atoms with E-state index in [1.807, 2.05) is 56.3 Å². The number of benzene rings is 2. The van der Waals surface area contributed by atoms with E-state index in [9.17, 15) is 9.59 Å². The fourth-order valence-electron chi connectivity index (χ4n) is 2.16. The molecule has 0 spiro atoms. The van der Waals surface area contributed by atoms with Gasteiger partial charge in [-0.3, -0.25) is 9.59 Å². The SMILES string of the molecule is Cc1cccc(NC(=O)CC(C)NC(=O)c2ccccc2)c1. The van der Waals surface area contributed by atoms with Gasteiger partial charge in [-0.15, -0.1) is 0 Å². The lowest BCUT2D eigenvalue weighted by molar-refractivity contribution is -0.116. The van der Waals surface area contributed by atoms with Gasteiger partial charge in [0, 0.05) is 23.7 Å². The monoisotopic (exact) mass is 296 g/mol. The molecule has 1 unspecified atom stereocenters. The highest BCUT2D eigenvalue weighted by Gasteiger charge is 2.13. The molecule has 2 N–H and O–H groups in total. The van der Waals surface area contributed by atoms with Crippen molar-refractivity contribution in [3.8, 4) is 0 Å². The highest BCUT2D eigenvalue weighted by Crippen LogP contribution is 2.10. The highest BCUT2D eigenvalue weighted by molar-refractivity contribution is 5.95. The molecule has 0 heterocycles. The predicted octanol–water partition coefficient (Wildman–Crippen LogP) is 3.14. The van der Waals surface area contributed by atoms with Crippen LogP contribution in [0, 0.1) is 6.92 Å². The van der Waals surface area contributed by atoms with E-state index in [1.54, 1.807) is 12.1 Å². The summed E-state index contributed by atoms with van der Waals surface area (Å²) in [6.07, 6.45) is 0.229. The highest BCUT2D eigenvalue weighted by atomic mass is 16.2. The fourth-order valence-corrected chi connectivity index (χ4v) is 2.16. The summed E-state index contributed by atoms with van der Waals surface area (Å²) in [5.41, 5.74) is 2.45. The van der Waals surface area contributed by atoms with Gasteiger partial charge < -0.3 is 10.6 Å². The van der Waals surface area contributed by atoms with Crippen LogP contribution in [-0.2, 0) is 4.79 Å². The van der Waals surface area contributed by atoms with E-state index in [2.05, 4.69) is 10.6 Å². The first-order valence-electron chi connectivity index (χ1n) is 7.27. The van der Waals surface area contributed by atoms with Crippen molar-refractivity contribution in [3.05, 3.63) is 65.7 Å². The molecular weight excluding hydrogens is 276 g/mol. The van der Waals surface area contributed by atoms with Crippen molar-refractivity contribution < 1.29 is 9.59 Å². The smallest absolute Gasteiger partial charge is 0.251 e.